The summed E-state index contributed by atoms with van der Waals surface area (Å²) in [5, 5.41) is 8.57. The molecule has 0 atom stereocenters. The second-order valence-corrected chi connectivity index (χ2v) is 9.54. The standard InChI is InChI=1S/C24H48O3.C5H10/c1-2-3-4-5-6-7-8-9-10-11-12-13-14-15-16-17-18-19-20-21-24(26)27-23-22-25;1-4-5(2)3/h25H,2-23H2,1H3;4-5H,1H2,2-3H3. The van der Waals surface area contributed by atoms with Crippen molar-refractivity contribution in [1.82, 2.24) is 0 Å². The highest BCUT2D eigenvalue weighted by atomic mass is 16.5. The SMILES string of the molecule is C=CC(C)C.CCCCCCCCCCCCCCCCCCCCCC(=O)OCCO. The van der Waals surface area contributed by atoms with Gasteiger partial charge in [-0.25, -0.2) is 0 Å². The van der Waals surface area contributed by atoms with Gasteiger partial charge in [-0.1, -0.05) is 142 Å². The van der Waals surface area contributed by atoms with Crippen molar-refractivity contribution in [2.45, 2.75) is 149 Å². The second-order valence-electron chi connectivity index (χ2n) is 9.54. The Labute approximate surface area is 201 Å². The van der Waals surface area contributed by atoms with Gasteiger partial charge >= 0.3 is 5.97 Å². The Hall–Kier alpha value is -0.830. The van der Waals surface area contributed by atoms with Gasteiger partial charge in [-0.15, -0.1) is 6.58 Å². The number of aliphatic hydroxyl groups is 1. The minimum absolute atomic E-state index is 0.0784. The summed E-state index contributed by atoms with van der Waals surface area (Å²) >= 11 is 0. The van der Waals surface area contributed by atoms with Gasteiger partial charge in [0.25, 0.3) is 0 Å². The summed E-state index contributed by atoms with van der Waals surface area (Å²) in [5.74, 6) is 0.478. The number of aliphatic hydroxyl groups excluding tert-OH is 1. The molecule has 0 bridgehead atoms. The Bertz CT molecular complexity index is 365. The van der Waals surface area contributed by atoms with Crippen LogP contribution in [0.25, 0.3) is 0 Å². The van der Waals surface area contributed by atoms with E-state index in [4.69, 9.17) is 9.84 Å². The summed E-state index contributed by atoms with van der Waals surface area (Å²) in [6.45, 7) is 10.1. The Balaban J connectivity index is 0. The summed E-state index contributed by atoms with van der Waals surface area (Å²) in [4.78, 5) is 11.3. The van der Waals surface area contributed by atoms with Gasteiger partial charge in [-0.3, -0.25) is 4.79 Å². The van der Waals surface area contributed by atoms with E-state index in [9.17, 15) is 4.79 Å². The summed E-state index contributed by atoms with van der Waals surface area (Å²) in [7, 11) is 0. The van der Waals surface area contributed by atoms with Gasteiger partial charge in [0.05, 0.1) is 6.61 Å². The quantitative estimate of drug-likeness (QED) is 0.0950. The third-order valence-electron chi connectivity index (χ3n) is 5.81. The van der Waals surface area contributed by atoms with Gasteiger partial charge in [0.1, 0.15) is 6.61 Å². The maximum atomic E-state index is 11.3. The molecule has 0 radical (unpaired) electrons. The number of carbonyl (C=O) groups excluding carboxylic acids is 1. The first-order valence-corrected chi connectivity index (χ1v) is 14.0. The molecule has 0 aliphatic heterocycles. The number of unbranched alkanes of at least 4 members (excludes halogenated alkanes) is 18. The average molecular weight is 455 g/mol. The Morgan fingerprint density at radius 2 is 1.03 bits per heavy atom. The third kappa shape index (κ3) is 33.8. The van der Waals surface area contributed by atoms with Gasteiger partial charge < -0.3 is 9.84 Å². The zero-order valence-corrected chi connectivity index (χ0v) is 22.2. The van der Waals surface area contributed by atoms with E-state index >= 15 is 0 Å². The molecule has 3 heteroatoms. The lowest BCUT2D eigenvalue weighted by Gasteiger charge is -2.04. The summed E-state index contributed by atoms with van der Waals surface area (Å²) in [6.07, 6.45) is 28.2. The lowest BCUT2D eigenvalue weighted by Crippen LogP contribution is -2.07. The lowest BCUT2D eigenvalue weighted by molar-refractivity contribution is -0.144. The molecule has 0 aliphatic carbocycles. The smallest absolute Gasteiger partial charge is 0.305 e. The molecule has 0 heterocycles. The van der Waals surface area contributed by atoms with Crippen LogP contribution in [0.2, 0.25) is 0 Å². The first kappa shape index (κ1) is 33.3. The van der Waals surface area contributed by atoms with Crippen LogP contribution in [0.3, 0.4) is 0 Å². The van der Waals surface area contributed by atoms with Crippen molar-refractivity contribution in [2.24, 2.45) is 5.92 Å². The molecule has 0 aliphatic rings. The van der Waals surface area contributed by atoms with Crippen LogP contribution in [0.5, 0.6) is 0 Å². The Morgan fingerprint density at radius 3 is 1.31 bits per heavy atom. The van der Waals surface area contributed by atoms with Gasteiger partial charge in [-0.2, -0.15) is 0 Å². The van der Waals surface area contributed by atoms with E-state index in [2.05, 4.69) is 27.4 Å². The molecule has 0 aromatic rings. The minimum Gasteiger partial charge on any atom is -0.463 e. The van der Waals surface area contributed by atoms with E-state index in [0.29, 0.717) is 12.3 Å². The number of carbonyl (C=O) groups is 1. The van der Waals surface area contributed by atoms with Crippen LogP contribution >= 0.6 is 0 Å². The van der Waals surface area contributed by atoms with E-state index in [1.165, 1.54) is 109 Å². The number of allylic oxidation sites excluding steroid dienone is 1. The highest BCUT2D eigenvalue weighted by Crippen LogP contribution is 2.14. The fourth-order valence-electron chi connectivity index (χ4n) is 3.58. The van der Waals surface area contributed by atoms with E-state index in [-0.39, 0.29) is 19.2 Å². The summed E-state index contributed by atoms with van der Waals surface area (Å²) in [5.41, 5.74) is 0. The van der Waals surface area contributed by atoms with Crippen LogP contribution in [-0.2, 0) is 9.53 Å². The van der Waals surface area contributed by atoms with Crippen molar-refractivity contribution < 1.29 is 14.6 Å². The third-order valence-corrected chi connectivity index (χ3v) is 5.81. The van der Waals surface area contributed by atoms with Crippen LogP contribution < -0.4 is 0 Å². The number of hydrogen-bond donors (Lipinski definition) is 1. The van der Waals surface area contributed by atoms with E-state index < -0.39 is 0 Å². The van der Waals surface area contributed by atoms with E-state index in [1.807, 2.05) is 6.08 Å². The molecule has 3 nitrogen and oxygen atoms in total. The van der Waals surface area contributed by atoms with Crippen molar-refractivity contribution in [2.75, 3.05) is 13.2 Å². The number of rotatable bonds is 23. The van der Waals surface area contributed by atoms with Gasteiger partial charge in [0, 0.05) is 6.42 Å². The van der Waals surface area contributed by atoms with Crippen LogP contribution in [0.15, 0.2) is 12.7 Å². The Morgan fingerprint density at radius 1 is 0.719 bits per heavy atom. The zero-order valence-electron chi connectivity index (χ0n) is 22.2. The van der Waals surface area contributed by atoms with Crippen molar-refractivity contribution in [3.05, 3.63) is 12.7 Å². The monoisotopic (exact) mass is 454 g/mol. The molecule has 0 saturated carbocycles. The second kappa shape index (κ2) is 30.2. The fraction of sp³-hybridized carbons (Fsp3) is 0.897. The number of ether oxygens (including phenoxy) is 1. The molecular formula is C29H58O3. The van der Waals surface area contributed by atoms with Crippen LogP contribution in [0.4, 0.5) is 0 Å². The molecule has 192 valence electrons. The van der Waals surface area contributed by atoms with Crippen LogP contribution in [0, 0.1) is 5.92 Å². The lowest BCUT2D eigenvalue weighted by atomic mass is 10.0. The first-order chi connectivity index (χ1) is 15.6. The summed E-state index contributed by atoms with van der Waals surface area (Å²) < 4.78 is 4.84. The molecular weight excluding hydrogens is 396 g/mol. The van der Waals surface area contributed by atoms with E-state index in [0.717, 1.165) is 12.8 Å². The van der Waals surface area contributed by atoms with Crippen molar-refractivity contribution in [1.29, 1.82) is 0 Å². The zero-order chi connectivity index (χ0) is 24.1. The van der Waals surface area contributed by atoms with Gasteiger partial charge in [0.15, 0.2) is 0 Å². The molecule has 0 spiro atoms. The predicted molar refractivity (Wildman–Crippen MR) is 141 cm³/mol. The van der Waals surface area contributed by atoms with Crippen LogP contribution in [0.1, 0.15) is 149 Å². The van der Waals surface area contributed by atoms with Gasteiger partial charge in [0.2, 0.25) is 0 Å². The molecule has 0 unspecified atom stereocenters. The minimum atomic E-state index is -0.170. The molecule has 32 heavy (non-hydrogen) atoms. The highest BCUT2D eigenvalue weighted by Gasteiger charge is 2.01. The van der Waals surface area contributed by atoms with Gasteiger partial charge in [-0.05, 0) is 12.3 Å². The highest BCUT2D eigenvalue weighted by molar-refractivity contribution is 5.69. The maximum Gasteiger partial charge on any atom is 0.305 e. The Kier molecular flexibility index (Phi) is 31.4. The summed E-state index contributed by atoms with van der Waals surface area (Å²) in [6, 6.07) is 0. The first-order valence-electron chi connectivity index (χ1n) is 14.0. The van der Waals surface area contributed by atoms with E-state index in [1.54, 1.807) is 0 Å². The number of hydrogen-bond acceptors (Lipinski definition) is 3. The molecule has 0 saturated heterocycles. The largest absolute Gasteiger partial charge is 0.463 e. The molecule has 0 aromatic carbocycles. The topological polar surface area (TPSA) is 46.5 Å². The van der Waals surface area contributed by atoms with Crippen molar-refractivity contribution in [3.63, 3.8) is 0 Å². The fourth-order valence-corrected chi connectivity index (χ4v) is 3.58. The maximum absolute atomic E-state index is 11.3. The van der Waals surface area contributed by atoms with Crippen molar-refractivity contribution >= 4 is 5.97 Å². The molecule has 0 rings (SSSR count). The van der Waals surface area contributed by atoms with Crippen LogP contribution in [-0.4, -0.2) is 24.3 Å². The number of esters is 1. The molecule has 0 amide bonds. The predicted octanol–water partition coefficient (Wildman–Crippen LogP) is 9.17. The average Bonchev–Trinajstić information content (AvgIpc) is 2.79. The van der Waals surface area contributed by atoms with Crippen molar-refractivity contribution in [3.8, 4) is 0 Å². The molecule has 0 fully saturated rings. The normalized spacial score (nSPS) is 10.7. The molecule has 1 N–H and O–H groups in total. The molecule has 0 aromatic heterocycles.